The molecule has 1 aliphatic heterocycles. The van der Waals surface area contributed by atoms with Crippen LogP contribution in [0.2, 0.25) is 0 Å². The number of benzene rings is 1. The summed E-state index contributed by atoms with van der Waals surface area (Å²) in [4.78, 5) is 26.1. The third-order valence-electron chi connectivity index (χ3n) is 4.28. The highest BCUT2D eigenvalue weighted by molar-refractivity contribution is 5.86. The number of aryl methyl sites for hydroxylation is 1. The summed E-state index contributed by atoms with van der Waals surface area (Å²) in [5.74, 6) is 0.106. The van der Waals surface area contributed by atoms with Gasteiger partial charge in [-0.15, -0.1) is 0 Å². The lowest BCUT2D eigenvalue weighted by molar-refractivity contribution is -0.146. The molecular formula is C18H25NO2. The number of amides is 1. The number of nitrogens with zero attached hydrogens (tertiary/aromatic N) is 1. The molecule has 114 valence electrons. The summed E-state index contributed by atoms with van der Waals surface area (Å²) in [7, 11) is 0. The molecule has 1 heterocycles. The van der Waals surface area contributed by atoms with E-state index in [4.69, 9.17) is 0 Å². The van der Waals surface area contributed by atoms with E-state index >= 15 is 0 Å². The van der Waals surface area contributed by atoms with Gasteiger partial charge in [-0.25, -0.2) is 0 Å². The maximum atomic E-state index is 12.7. The van der Waals surface area contributed by atoms with Crippen molar-refractivity contribution >= 4 is 11.7 Å². The van der Waals surface area contributed by atoms with E-state index in [2.05, 4.69) is 45.0 Å². The van der Waals surface area contributed by atoms with Gasteiger partial charge < -0.3 is 9.69 Å². The molecule has 1 unspecified atom stereocenters. The number of piperidine rings is 1. The first kappa shape index (κ1) is 15.7. The fourth-order valence-electron chi connectivity index (χ4n) is 3.25. The fraction of sp³-hybridized carbons (Fsp3) is 0.556. The Hall–Kier alpha value is -1.64. The number of hydrogen-bond donors (Lipinski definition) is 0. The van der Waals surface area contributed by atoms with Gasteiger partial charge in [-0.3, -0.25) is 4.79 Å². The molecular weight excluding hydrogens is 262 g/mol. The Bertz CT molecular complexity index is 519. The van der Waals surface area contributed by atoms with Gasteiger partial charge in [-0.05, 0) is 46.1 Å². The molecule has 0 aromatic heterocycles. The predicted molar refractivity (Wildman–Crippen MR) is 83.9 cm³/mol. The summed E-state index contributed by atoms with van der Waals surface area (Å²) >= 11 is 0. The van der Waals surface area contributed by atoms with Crippen molar-refractivity contribution in [1.82, 2.24) is 4.90 Å². The van der Waals surface area contributed by atoms with E-state index < -0.39 is 0 Å². The molecule has 2 rings (SSSR count). The largest absolute Gasteiger partial charge is 0.333 e. The van der Waals surface area contributed by atoms with Crippen LogP contribution in [-0.2, 0) is 9.59 Å². The highest BCUT2D eigenvalue weighted by Crippen LogP contribution is 2.37. The van der Waals surface area contributed by atoms with Crippen molar-refractivity contribution in [2.24, 2.45) is 5.92 Å². The molecule has 1 aromatic rings. The first-order chi connectivity index (χ1) is 9.90. The fourth-order valence-corrected chi connectivity index (χ4v) is 3.25. The molecule has 0 aliphatic carbocycles. The van der Waals surface area contributed by atoms with Crippen molar-refractivity contribution in [2.45, 2.75) is 59.0 Å². The monoisotopic (exact) mass is 287 g/mol. The van der Waals surface area contributed by atoms with E-state index in [1.54, 1.807) is 6.92 Å². The third kappa shape index (κ3) is 3.52. The first-order valence-corrected chi connectivity index (χ1v) is 7.78. The molecule has 1 aromatic carbocycles. The number of Topliss-reactive ketones (excluding diaryl/α,β-unsaturated/α-hetero) is 1. The topological polar surface area (TPSA) is 37.4 Å². The van der Waals surface area contributed by atoms with E-state index in [0.717, 1.165) is 12.8 Å². The maximum Gasteiger partial charge on any atom is 0.226 e. The Morgan fingerprint density at radius 3 is 2.38 bits per heavy atom. The maximum absolute atomic E-state index is 12.7. The summed E-state index contributed by atoms with van der Waals surface area (Å²) in [6, 6.07) is 8.72. The van der Waals surface area contributed by atoms with Gasteiger partial charge >= 0.3 is 0 Å². The normalized spacial score (nSPS) is 22.7. The van der Waals surface area contributed by atoms with Crippen molar-refractivity contribution in [3.63, 3.8) is 0 Å². The van der Waals surface area contributed by atoms with Gasteiger partial charge in [-0.1, -0.05) is 29.8 Å². The van der Waals surface area contributed by atoms with Gasteiger partial charge in [-0.2, -0.15) is 0 Å². The minimum atomic E-state index is -0.133. The van der Waals surface area contributed by atoms with E-state index in [1.807, 2.05) is 4.90 Å². The molecule has 0 bridgehead atoms. The van der Waals surface area contributed by atoms with Crippen LogP contribution in [0, 0.1) is 12.8 Å². The van der Waals surface area contributed by atoms with E-state index in [-0.39, 0.29) is 29.7 Å². The lowest BCUT2D eigenvalue weighted by atomic mass is 9.85. The van der Waals surface area contributed by atoms with Crippen LogP contribution in [0.4, 0.5) is 0 Å². The van der Waals surface area contributed by atoms with Crippen LogP contribution in [0.3, 0.4) is 0 Å². The first-order valence-electron chi connectivity index (χ1n) is 7.78. The zero-order valence-electron chi connectivity index (χ0n) is 13.4. The van der Waals surface area contributed by atoms with Crippen LogP contribution < -0.4 is 0 Å². The van der Waals surface area contributed by atoms with Crippen molar-refractivity contribution in [1.29, 1.82) is 0 Å². The second kappa shape index (κ2) is 6.42. The van der Waals surface area contributed by atoms with Crippen molar-refractivity contribution < 1.29 is 9.59 Å². The highest BCUT2D eigenvalue weighted by atomic mass is 16.2. The second-order valence-electron chi connectivity index (χ2n) is 6.45. The summed E-state index contributed by atoms with van der Waals surface area (Å²) in [6.45, 7) is 7.74. The van der Waals surface area contributed by atoms with E-state index in [9.17, 15) is 9.59 Å². The molecule has 3 heteroatoms. The number of carbonyl (C=O) groups excluding carboxylic acids is 2. The van der Waals surface area contributed by atoms with Gasteiger partial charge in [0.25, 0.3) is 0 Å². The summed E-state index contributed by atoms with van der Waals surface area (Å²) in [5.41, 5.74) is 2.43. The molecule has 2 atom stereocenters. The number of ketones is 1. The second-order valence-corrected chi connectivity index (χ2v) is 6.45. The summed E-state index contributed by atoms with van der Waals surface area (Å²) in [6.07, 6.45) is 2.12. The summed E-state index contributed by atoms with van der Waals surface area (Å²) < 4.78 is 0. The zero-order valence-corrected chi connectivity index (χ0v) is 13.4. The summed E-state index contributed by atoms with van der Waals surface area (Å²) in [5, 5.41) is 0. The van der Waals surface area contributed by atoms with Crippen molar-refractivity contribution in [3.8, 4) is 0 Å². The number of carbonyl (C=O) groups is 2. The molecule has 1 fully saturated rings. The third-order valence-corrected chi connectivity index (χ3v) is 4.28. The zero-order chi connectivity index (χ0) is 15.6. The molecule has 3 nitrogen and oxygen atoms in total. The van der Waals surface area contributed by atoms with Gasteiger partial charge in [0.05, 0.1) is 6.04 Å². The van der Waals surface area contributed by atoms with Crippen molar-refractivity contribution in [3.05, 3.63) is 35.4 Å². The van der Waals surface area contributed by atoms with Gasteiger partial charge in [0.15, 0.2) is 0 Å². The van der Waals surface area contributed by atoms with Crippen LogP contribution >= 0.6 is 0 Å². The Balaban J connectivity index is 2.25. The van der Waals surface area contributed by atoms with Crippen LogP contribution in [0.5, 0.6) is 0 Å². The average molecular weight is 287 g/mol. The molecule has 0 N–H and O–H groups in total. The van der Waals surface area contributed by atoms with Crippen LogP contribution in [-0.4, -0.2) is 22.6 Å². The standard InChI is InChI=1S/C18H25NO2/c1-12(2)19-17(15-7-5-13(3)6-8-15)10-9-16(18(19)21)11-14(4)20/h5-8,12,16-17H,9-11H2,1-4H3/t16?,17-/m0/s1. The SMILES string of the molecule is CC(=O)CC1CC[C@@H](c2ccc(C)cc2)N(C(C)C)C1=O. The van der Waals surface area contributed by atoms with E-state index in [1.165, 1.54) is 11.1 Å². The van der Waals surface area contributed by atoms with E-state index in [0.29, 0.717) is 6.42 Å². The number of likely N-dealkylation sites (tertiary alicyclic amines) is 1. The molecule has 21 heavy (non-hydrogen) atoms. The van der Waals surface area contributed by atoms with Gasteiger partial charge in [0.2, 0.25) is 5.91 Å². The highest BCUT2D eigenvalue weighted by Gasteiger charge is 2.37. The number of hydrogen-bond acceptors (Lipinski definition) is 2. The predicted octanol–water partition coefficient (Wildman–Crippen LogP) is 3.66. The van der Waals surface area contributed by atoms with Crippen LogP contribution in [0.15, 0.2) is 24.3 Å². The molecule has 0 spiro atoms. The Morgan fingerprint density at radius 1 is 1.24 bits per heavy atom. The molecule has 0 radical (unpaired) electrons. The molecule has 1 amide bonds. The quantitative estimate of drug-likeness (QED) is 0.847. The van der Waals surface area contributed by atoms with Gasteiger partial charge in [0, 0.05) is 18.4 Å². The Labute approximate surface area is 127 Å². The van der Waals surface area contributed by atoms with Crippen LogP contribution in [0.1, 0.15) is 57.2 Å². The van der Waals surface area contributed by atoms with Gasteiger partial charge in [0.1, 0.15) is 5.78 Å². The molecule has 1 aliphatic rings. The lowest BCUT2D eigenvalue weighted by Gasteiger charge is -2.42. The van der Waals surface area contributed by atoms with Crippen molar-refractivity contribution in [2.75, 3.05) is 0 Å². The average Bonchev–Trinajstić information content (AvgIpc) is 2.41. The molecule has 0 saturated carbocycles. The molecule has 1 saturated heterocycles. The Morgan fingerprint density at radius 2 is 1.86 bits per heavy atom. The Kier molecular flexibility index (Phi) is 4.81. The number of rotatable bonds is 4. The minimum absolute atomic E-state index is 0.103. The minimum Gasteiger partial charge on any atom is -0.333 e. The van der Waals surface area contributed by atoms with Crippen LogP contribution in [0.25, 0.3) is 0 Å². The lowest BCUT2D eigenvalue weighted by Crippen LogP contribution is -2.47. The smallest absolute Gasteiger partial charge is 0.226 e.